The van der Waals surface area contributed by atoms with E-state index in [-0.39, 0.29) is 18.3 Å². The highest BCUT2D eigenvalue weighted by Gasteiger charge is 2.02. The molecule has 0 aliphatic heterocycles. The van der Waals surface area contributed by atoms with E-state index in [1.807, 2.05) is 0 Å². The molecule has 0 aromatic carbocycles. The molecule has 0 spiro atoms. The lowest BCUT2D eigenvalue weighted by Crippen LogP contribution is -1.96. The summed E-state index contributed by atoms with van der Waals surface area (Å²) in [6, 6.07) is 2.64. The maximum atomic E-state index is 9.93. The van der Waals surface area contributed by atoms with Crippen molar-refractivity contribution in [1.29, 1.82) is 0 Å². The van der Waals surface area contributed by atoms with Crippen molar-refractivity contribution in [3.8, 4) is 11.8 Å². The van der Waals surface area contributed by atoms with Crippen molar-refractivity contribution in [2.45, 2.75) is 6.54 Å². The molecule has 10 heavy (non-hydrogen) atoms. The Balaban J connectivity index is 2.97. The number of hydrogen-bond donors (Lipinski definition) is 2. The van der Waals surface area contributed by atoms with Crippen LogP contribution in [0.2, 0.25) is 0 Å². The van der Waals surface area contributed by atoms with Gasteiger partial charge < -0.3 is 15.0 Å². The van der Waals surface area contributed by atoms with Crippen molar-refractivity contribution < 1.29 is 15.0 Å². The summed E-state index contributed by atoms with van der Waals surface area (Å²) >= 11 is 0. The number of carbonyl (C=O) groups excluding carboxylic acids is 1. The van der Waals surface area contributed by atoms with Crippen LogP contribution in [0.3, 0.4) is 0 Å². The van der Waals surface area contributed by atoms with E-state index in [0.29, 0.717) is 6.29 Å². The van der Waals surface area contributed by atoms with E-state index in [1.54, 1.807) is 0 Å². The fourth-order valence-corrected chi connectivity index (χ4v) is 0.708. The van der Waals surface area contributed by atoms with Crippen LogP contribution in [0.25, 0.3) is 0 Å². The van der Waals surface area contributed by atoms with Crippen molar-refractivity contribution in [2.24, 2.45) is 0 Å². The van der Waals surface area contributed by atoms with Crippen molar-refractivity contribution in [2.75, 3.05) is 0 Å². The highest BCUT2D eigenvalue weighted by molar-refractivity contribution is 5.50. The summed E-state index contributed by atoms with van der Waals surface area (Å²) in [7, 11) is 0. The Labute approximate surface area is 57.3 Å². The molecule has 54 valence electrons. The molecule has 0 fully saturated rings. The lowest BCUT2D eigenvalue weighted by molar-refractivity contribution is -0.108. The summed E-state index contributed by atoms with van der Waals surface area (Å²) in [6.45, 7) is -0.0231. The number of aldehydes is 1. The van der Waals surface area contributed by atoms with Gasteiger partial charge in [0, 0.05) is 12.1 Å². The zero-order valence-electron chi connectivity index (χ0n) is 5.19. The van der Waals surface area contributed by atoms with E-state index in [1.165, 1.54) is 12.1 Å². The second kappa shape index (κ2) is 2.43. The average molecular weight is 141 g/mol. The monoisotopic (exact) mass is 141 g/mol. The Morgan fingerprint density at radius 1 is 1.40 bits per heavy atom. The van der Waals surface area contributed by atoms with Crippen LogP contribution in [0.5, 0.6) is 11.8 Å². The summed E-state index contributed by atoms with van der Waals surface area (Å²) in [6.07, 6.45) is 0.597. The molecule has 0 amide bonds. The minimum atomic E-state index is -0.107. The number of aromatic hydroxyl groups is 2. The average Bonchev–Trinajstić information content (AvgIpc) is 2.20. The summed E-state index contributed by atoms with van der Waals surface area (Å²) in [5, 5.41) is 17.8. The smallest absolute Gasteiger partial charge is 0.194 e. The van der Waals surface area contributed by atoms with Gasteiger partial charge in [0.2, 0.25) is 0 Å². The van der Waals surface area contributed by atoms with Crippen molar-refractivity contribution >= 4 is 6.29 Å². The third-order valence-electron chi connectivity index (χ3n) is 1.19. The minimum absolute atomic E-state index is 0.0231. The molecule has 4 heteroatoms. The van der Waals surface area contributed by atoms with Crippen LogP contribution in [0.4, 0.5) is 0 Å². The predicted molar refractivity (Wildman–Crippen MR) is 33.8 cm³/mol. The first-order chi connectivity index (χ1) is 4.75. The summed E-state index contributed by atoms with van der Waals surface area (Å²) in [5.41, 5.74) is 0. The Kier molecular flexibility index (Phi) is 1.62. The van der Waals surface area contributed by atoms with E-state index < -0.39 is 0 Å². The maximum absolute atomic E-state index is 9.93. The van der Waals surface area contributed by atoms with Crippen LogP contribution in [0, 0.1) is 0 Å². The molecule has 1 aromatic heterocycles. The van der Waals surface area contributed by atoms with Gasteiger partial charge in [0.25, 0.3) is 0 Å². The second-order valence-electron chi connectivity index (χ2n) is 1.83. The van der Waals surface area contributed by atoms with Gasteiger partial charge in [-0.15, -0.1) is 0 Å². The first-order valence-corrected chi connectivity index (χ1v) is 2.77. The van der Waals surface area contributed by atoms with Gasteiger partial charge in [-0.2, -0.15) is 0 Å². The normalized spacial score (nSPS) is 9.60. The minimum Gasteiger partial charge on any atom is -0.494 e. The topological polar surface area (TPSA) is 62.5 Å². The lowest BCUT2D eigenvalue weighted by Gasteiger charge is -1.98. The molecule has 0 saturated carbocycles. The lowest BCUT2D eigenvalue weighted by atomic mass is 10.6. The Morgan fingerprint density at radius 3 is 2.30 bits per heavy atom. The van der Waals surface area contributed by atoms with Gasteiger partial charge in [-0.1, -0.05) is 0 Å². The highest BCUT2D eigenvalue weighted by atomic mass is 16.3. The molecule has 0 aliphatic rings. The van der Waals surface area contributed by atoms with Crippen LogP contribution >= 0.6 is 0 Å². The number of nitrogens with zero attached hydrogens (tertiary/aromatic N) is 1. The SMILES string of the molecule is O=CCn1c(O)ccc1O. The van der Waals surface area contributed by atoms with Crippen LogP contribution in [-0.2, 0) is 11.3 Å². The van der Waals surface area contributed by atoms with Crippen LogP contribution in [0.15, 0.2) is 12.1 Å². The number of hydrogen-bond acceptors (Lipinski definition) is 3. The summed E-state index contributed by atoms with van der Waals surface area (Å²) in [5.74, 6) is -0.214. The molecule has 0 radical (unpaired) electrons. The van der Waals surface area contributed by atoms with Gasteiger partial charge in [0.15, 0.2) is 11.8 Å². The molecule has 0 bridgehead atoms. The molecular formula is C6H7NO3. The van der Waals surface area contributed by atoms with Crippen LogP contribution in [-0.4, -0.2) is 21.1 Å². The fourth-order valence-electron chi connectivity index (χ4n) is 0.708. The molecule has 0 aliphatic carbocycles. The molecular weight excluding hydrogens is 134 g/mol. The van der Waals surface area contributed by atoms with E-state index in [2.05, 4.69) is 0 Å². The van der Waals surface area contributed by atoms with Crippen LogP contribution in [0.1, 0.15) is 0 Å². The largest absolute Gasteiger partial charge is 0.494 e. The second-order valence-corrected chi connectivity index (χ2v) is 1.83. The van der Waals surface area contributed by atoms with Gasteiger partial charge in [-0.25, -0.2) is 0 Å². The van der Waals surface area contributed by atoms with E-state index >= 15 is 0 Å². The number of rotatable bonds is 2. The van der Waals surface area contributed by atoms with Gasteiger partial charge in [0.1, 0.15) is 6.29 Å². The Morgan fingerprint density at radius 2 is 1.90 bits per heavy atom. The molecule has 0 atom stereocenters. The van der Waals surface area contributed by atoms with Crippen molar-refractivity contribution in [1.82, 2.24) is 4.57 Å². The zero-order chi connectivity index (χ0) is 7.56. The highest BCUT2D eigenvalue weighted by Crippen LogP contribution is 2.19. The van der Waals surface area contributed by atoms with Crippen LogP contribution < -0.4 is 0 Å². The van der Waals surface area contributed by atoms with E-state index in [0.717, 1.165) is 4.57 Å². The van der Waals surface area contributed by atoms with Crippen molar-refractivity contribution in [3.63, 3.8) is 0 Å². The number of carbonyl (C=O) groups is 1. The summed E-state index contributed by atoms with van der Waals surface area (Å²) in [4.78, 5) is 9.93. The molecule has 1 heterocycles. The summed E-state index contributed by atoms with van der Waals surface area (Å²) < 4.78 is 1.09. The number of aromatic nitrogens is 1. The molecule has 4 nitrogen and oxygen atoms in total. The van der Waals surface area contributed by atoms with Crippen molar-refractivity contribution in [3.05, 3.63) is 12.1 Å². The molecule has 0 unspecified atom stereocenters. The Bertz CT molecular complexity index is 222. The molecule has 0 saturated heterocycles. The molecule has 2 N–H and O–H groups in total. The predicted octanol–water partition coefficient (Wildman–Crippen LogP) is 0.0982. The molecule has 1 rings (SSSR count). The quantitative estimate of drug-likeness (QED) is 0.574. The van der Waals surface area contributed by atoms with Gasteiger partial charge in [-0.05, 0) is 0 Å². The van der Waals surface area contributed by atoms with E-state index in [9.17, 15) is 4.79 Å². The van der Waals surface area contributed by atoms with Gasteiger partial charge >= 0.3 is 0 Å². The standard InChI is InChI=1S/C6H7NO3/c8-4-3-7-5(9)1-2-6(7)10/h1-2,4,9-10H,3H2. The van der Waals surface area contributed by atoms with Gasteiger partial charge in [0.05, 0.1) is 6.54 Å². The molecule has 1 aromatic rings. The third kappa shape index (κ3) is 0.953. The third-order valence-corrected chi connectivity index (χ3v) is 1.19. The first-order valence-electron chi connectivity index (χ1n) is 2.77. The first kappa shape index (κ1) is 6.67. The van der Waals surface area contributed by atoms with Gasteiger partial charge in [-0.3, -0.25) is 4.57 Å². The Hall–Kier alpha value is -1.45. The zero-order valence-corrected chi connectivity index (χ0v) is 5.19. The fraction of sp³-hybridized carbons (Fsp3) is 0.167. The van der Waals surface area contributed by atoms with E-state index in [4.69, 9.17) is 10.2 Å². The maximum Gasteiger partial charge on any atom is 0.194 e.